The average molecular weight is 208 g/mol. The summed E-state index contributed by atoms with van der Waals surface area (Å²) in [5.74, 6) is 2.42. The van der Waals surface area contributed by atoms with Crippen LogP contribution in [0.3, 0.4) is 0 Å². The third-order valence-corrected chi connectivity index (χ3v) is 3.13. The Morgan fingerprint density at radius 3 is 2.67 bits per heavy atom. The van der Waals surface area contributed by atoms with Gasteiger partial charge in [-0.25, -0.2) is 0 Å². The monoisotopic (exact) mass is 208 g/mol. The molecule has 0 radical (unpaired) electrons. The summed E-state index contributed by atoms with van der Waals surface area (Å²) in [5.41, 5.74) is 5.70. The molecule has 0 bridgehead atoms. The van der Waals surface area contributed by atoms with Crippen LogP contribution in [0.1, 0.15) is 38.5 Å². The fourth-order valence-corrected chi connectivity index (χ4v) is 2.12. The molecular formula is C12H20N2O. The molecular weight excluding hydrogens is 188 g/mol. The Balaban J connectivity index is 2.47. The lowest BCUT2D eigenvalue weighted by molar-refractivity contribution is -0.133. The number of hydrogen-bond donors (Lipinski definition) is 1. The summed E-state index contributed by atoms with van der Waals surface area (Å²) >= 11 is 0. The summed E-state index contributed by atoms with van der Waals surface area (Å²) in [7, 11) is 1.84. The highest BCUT2D eigenvalue weighted by molar-refractivity contribution is 5.82. The van der Waals surface area contributed by atoms with Gasteiger partial charge in [0.05, 0.1) is 6.04 Å². The second-order valence-electron chi connectivity index (χ2n) is 4.26. The van der Waals surface area contributed by atoms with Gasteiger partial charge in [0, 0.05) is 19.5 Å². The molecule has 0 aromatic rings. The lowest BCUT2D eigenvalue weighted by atomic mass is 9.94. The number of nitrogens with two attached hydrogens (primary N) is 1. The molecule has 0 heterocycles. The lowest BCUT2D eigenvalue weighted by Crippen LogP contribution is -2.46. The molecule has 1 aliphatic rings. The maximum Gasteiger partial charge on any atom is 0.240 e. The molecule has 1 saturated carbocycles. The smallest absolute Gasteiger partial charge is 0.240 e. The van der Waals surface area contributed by atoms with E-state index in [9.17, 15) is 4.79 Å². The van der Waals surface area contributed by atoms with Crippen molar-refractivity contribution in [2.75, 3.05) is 7.05 Å². The number of amides is 1. The molecule has 0 aliphatic heterocycles. The fraction of sp³-hybridized carbons (Fsp3) is 0.750. The van der Waals surface area contributed by atoms with Crippen molar-refractivity contribution in [2.45, 2.75) is 50.6 Å². The molecule has 84 valence electrons. The van der Waals surface area contributed by atoms with Crippen LogP contribution in [0, 0.1) is 12.3 Å². The zero-order valence-corrected chi connectivity index (χ0v) is 9.41. The van der Waals surface area contributed by atoms with Crippen LogP contribution in [0.15, 0.2) is 0 Å². The molecule has 1 amide bonds. The molecule has 1 unspecified atom stereocenters. The summed E-state index contributed by atoms with van der Waals surface area (Å²) in [5, 5.41) is 0. The van der Waals surface area contributed by atoms with Crippen LogP contribution in [-0.4, -0.2) is 29.9 Å². The van der Waals surface area contributed by atoms with Gasteiger partial charge in [0.25, 0.3) is 0 Å². The highest BCUT2D eigenvalue weighted by Crippen LogP contribution is 2.21. The third-order valence-electron chi connectivity index (χ3n) is 3.13. The van der Waals surface area contributed by atoms with Crippen molar-refractivity contribution in [1.82, 2.24) is 4.90 Å². The number of carbonyl (C=O) groups excluding carboxylic acids is 1. The zero-order valence-electron chi connectivity index (χ0n) is 9.41. The minimum absolute atomic E-state index is 0.0140. The molecule has 0 aromatic carbocycles. The molecule has 1 aliphatic carbocycles. The van der Waals surface area contributed by atoms with Gasteiger partial charge in [-0.1, -0.05) is 19.3 Å². The topological polar surface area (TPSA) is 46.3 Å². The Kier molecular flexibility index (Phi) is 4.64. The van der Waals surface area contributed by atoms with Crippen LogP contribution >= 0.6 is 0 Å². The van der Waals surface area contributed by atoms with Crippen molar-refractivity contribution < 1.29 is 4.79 Å². The highest BCUT2D eigenvalue weighted by Gasteiger charge is 2.25. The van der Waals surface area contributed by atoms with Crippen molar-refractivity contribution in [3.63, 3.8) is 0 Å². The van der Waals surface area contributed by atoms with Crippen LogP contribution in [0.5, 0.6) is 0 Å². The predicted octanol–water partition coefficient (Wildman–Crippen LogP) is 1.13. The Bertz CT molecular complexity index is 251. The van der Waals surface area contributed by atoms with Gasteiger partial charge < -0.3 is 10.6 Å². The Morgan fingerprint density at radius 2 is 2.13 bits per heavy atom. The summed E-state index contributed by atoms with van der Waals surface area (Å²) in [6.45, 7) is 0. The maximum atomic E-state index is 11.8. The summed E-state index contributed by atoms with van der Waals surface area (Å²) in [6, 6.07) is -0.156. The number of terminal acetylenes is 1. The molecule has 3 heteroatoms. The van der Waals surface area contributed by atoms with E-state index in [1.807, 2.05) is 7.05 Å². The molecule has 15 heavy (non-hydrogen) atoms. The summed E-state index contributed by atoms with van der Waals surface area (Å²) in [6.07, 6.45) is 11.4. The van der Waals surface area contributed by atoms with Crippen molar-refractivity contribution in [3.8, 4) is 12.3 Å². The van der Waals surface area contributed by atoms with Crippen LogP contribution in [0.25, 0.3) is 0 Å². The first-order chi connectivity index (χ1) is 7.16. The van der Waals surface area contributed by atoms with Crippen molar-refractivity contribution in [2.24, 2.45) is 5.73 Å². The quantitative estimate of drug-likeness (QED) is 0.707. The van der Waals surface area contributed by atoms with E-state index in [4.69, 9.17) is 12.2 Å². The van der Waals surface area contributed by atoms with Crippen LogP contribution in [0.2, 0.25) is 0 Å². The maximum absolute atomic E-state index is 11.8. The Labute approximate surface area is 92.0 Å². The van der Waals surface area contributed by atoms with E-state index in [0.717, 1.165) is 12.8 Å². The normalized spacial score (nSPS) is 19.3. The summed E-state index contributed by atoms with van der Waals surface area (Å²) in [4.78, 5) is 13.6. The molecule has 1 fully saturated rings. The predicted molar refractivity (Wildman–Crippen MR) is 61.1 cm³/mol. The number of likely N-dealkylation sites (N-methyl/N-ethyl adjacent to an activating group) is 1. The van der Waals surface area contributed by atoms with Gasteiger partial charge in [0.1, 0.15) is 0 Å². The first kappa shape index (κ1) is 12.1. The minimum Gasteiger partial charge on any atom is -0.341 e. The standard InChI is InChI=1S/C12H20N2O/c1-3-7-11(13)12(15)14(2)10-8-5-4-6-9-10/h1,10-11H,4-9,13H2,2H3. The molecule has 0 spiro atoms. The molecule has 2 N–H and O–H groups in total. The average Bonchev–Trinajstić information content (AvgIpc) is 2.28. The Morgan fingerprint density at radius 1 is 1.53 bits per heavy atom. The van der Waals surface area contributed by atoms with E-state index in [1.165, 1.54) is 19.3 Å². The van der Waals surface area contributed by atoms with Crippen LogP contribution in [-0.2, 0) is 4.79 Å². The van der Waals surface area contributed by atoms with E-state index in [2.05, 4.69) is 5.92 Å². The third kappa shape index (κ3) is 3.24. The van der Waals surface area contributed by atoms with Gasteiger partial charge in [-0.3, -0.25) is 4.79 Å². The molecule has 3 nitrogen and oxygen atoms in total. The molecule has 1 atom stereocenters. The highest BCUT2D eigenvalue weighted by atomic mass is 16.2. The van der Waals surface area contributed by atoms with Crippen LogP contribution in [0.4, 0.5) is 0 Å². The second-order valence-corrected chi connectivity index (χ2v) is 4.26. The zero-order chi connectivity index (χ0) is 11.3. The van der Waals surface area contributed by atoms with E-state index in [0.29, 0.717) is 12.5 Å². The van der Waals surface area contributed by atoms with Gasteiger partial charge in [-0.15, -0.1) is 12.3 Å². The number of rotatable bonds is 3. The van der Waals surface area contributed by atoms with Gasteiger partial charge in [0.2, 0.25) is 5.91 Å². The SMILES string of the molecule is C#CCC(N)C(=O)N(C)C1CCCCC1. The number of carbonyl (C=O) groups is 1. The molecule has 0 aromatic heterocycles. The van der Waals surface area contributed by atoms with E-state index >= 15 is 0 Å². The Hall–Kier alpha value is -1.01. The van der Waals surface area contributed by atoms with Gasteiger partial charge >= 0.3 is 0 Å². The van der Waals surface area contributed by atoms with E-state index in [1.54, 1.807) is 4.90 Å². The number of nitrogens with zero attached hydrogens (tertiary/aromatic N) is 1. The molecule has 1 rings (SSSR count). The second kappa shape index (κ2) is 5.77. The van der Waals surface area contributed by atoms with Crippen molar-refractivity contribution in [1.29, 1.82) is 0 Å². The van der Waals surface area contributed by atoms with Crippen molar-refractivity contribution in [3.05, 3.63) is 0 Å². The van der Waals surface area contributed by atoms with Crippen molar-refractivity contribution >= 4 is 5.91 Å². The minimum atomic E-state index is -0.526. The lowest BCUT2D eigenvalue weighted by Gasteiger charge is -2.32. The van der Waals surface area contributed by atoms with E-state index in [-0.39, 0.29) is 5.91 Å². The first-order valence-corrected chi connectivity index (χ1v) is 5.62. The van der Waals surface area contributed by atoms with Gasteiger partial charge in [-0.05, 0) is 12.8 Å². The summed E-state index contributed by atoms with van der Waals surface area (Å²) < 4.78 is 0. The first-order valence-electron chi connectivity index (χ1n) is 5.62. The van der Waals surface area contributed by atoms with Gasteiger partial charge in [0.15, 0.2) is 0 Å². The van der Waals surface area contributed by atoms with E-state index < -0.39 is 6.04 Å². The number of hydrogen-bond acceptors (Lipinski definition) is 2. The fourth-order valence-electron chi connectivity index (χ4n) is 2.12. The van der Waals surface area contributed by atoms with Gasteiger partial charge in [-0.2, -0.15) is 0 Å². The van der Waals surface area contributed by atoms with Crippen LogP contribution < -0.4 is 5.73 Å². The largest absolute Gasteiger partial charge is 0.341 e. The molecule has 0 saturated heterocycles.